The second kappa shape index (κ2) is 4.31. The second-order valence-corrected chi connectivity index (χ2v) is 4.28. The molecule has 0 aliphatic heterocycles. The number of hydrogen-bond donors (Lipinski definition) is 3. The summed E-state index contributed by atoms with van der Waals surface area (Å²) in [4.78, 5) is 12.0. The average Bonchev–Trinajstić information content (AvgIpc) is 2.43. The third-order valence-corrected chi connectivity index (χ3v) is 3.07. The van der Waals surface area contributed by atoms with Crippen LogP contribution in [0.5, 0.6) is 17.2 Å². The summed E-state index contributed by atoms with van der Waals surface area (Å²) in [5.74, 6) is -1.16. The minimum atomic E-state index is -0.790. The van der Waals surface area contributed by atoms with Gasteiger partial charge < -0.3 is 19.7 Å². The lowest BCUT2D eigenvalue weighted by molar-refractivity contribution is 0.404. The van der Waals surface area contributed by atoms with E-state index in [-0.39, 0.29) is 28.2 Å². The van der Waals surface area contributed by atoms with Gasteiger partial charge in [0.05, 0.1) is 5.39 Å². The Labute approximate surface area is 113 Å². The molecule has 0 saturated carbocycles. The lowest BCUT2D eigenvalue weighted by Gasteiger charge is -2.08. The molecular weight excluding hydrogens is 260 g/mol. The van der Waals surface area contributed by atoms with E-state index < -0.39 is 11.4 Å². The first-order valence-corrected chi connectivity index (χ1v) is 5.85. The van der Waals surface area contributed by atoms with Gasteiger partial charge in [0.1, 0.15) is 16.9 Å². The van der Waals surface area contributed by atoms with Crippen LogP contribution in [0.2, 0.25) is 0 Å². The first-order valence-electron chi connectivity index (χ1n) is 5.85. The normalized spacial score (nSPS) is 10.8. The summed E-state index contributed by atoms with van der Waals surface area (Å²) >= 11 is 0. The van der Waals surface area contributed by atoms with Crippen molar-refractivity contribution in [2.75, 3.05) is 0 Å². The highest BCUT2D eigenvalue weighted by Gasteiger charge is 2.19. The van der Waals surface area contributed by atoms with Crippen LogP contribution in [0.1, 0.15) is 0 Å². The van der Waals surface area contributed by atoms with E-state index in [1.807, 2.05) is 0 Å². The molecule has 0 radical (unpaired) electrons. The second-order valence-electron chi connectivity index (χ2n) is 4.28. The molecule has 1 heterocycles. The van der Waals surface area contributed by atoms with Crippen molar-refractivity contribution in [2.24, 2.45) is 0 Å². The summed E-state index contributed by atoms with van der Waals surface area (Å²) < 4.78 is 5.11. The highest BCUT2D eigenvalue weighted by Crippen LogP contribution is 2.40. The van der Waals surface area contributed by atoms with Crippen LogP contribution in [0.25, 0.3) is 22.1 Å². The maximum absolute atomic E-state index is 12.0. The number of para-hydroxylation sites is 2. The van der Waals surface area contributed by atoms with Crippen molar-refractivity contribution in [1.82, 2.24) is 0 Å². The minimum absolute atomic E-state index is 0.0157. The number of hydrogen-bond acceptors (Lipinski definition) is 5. The van der Waals surface area contributed by atoms with Crippen LogP contribution in [-0.2, 0) is 0 Å². The van der Waals surface area contributed by atoms with Gasteiger partial charge in [-0.15, -0.1) is 0 Å². The molecule has 5 nitrogen and oxygen atoms in total. The van der Waals surface area contributed by atoms with E-state index in [1.54, 1.807) is 24.3 Å². The van der Waals surface area contributed by atoms with E-state index >= 15 is 0 Å². The van der Waals surface area contributed by atoms with Gasteiger partial charge in [0, 0.05) is 5.56 Å². The van der Waals surface area contributed by atoms with Crippen molar-refractivity contribution in [3.8, 4) is 28.4 Å². The quantitative estimate of drug-likeness (QED) is 0.467. The Morgan fingerprint density at radius 2 is 1.60 bits per heavy atom. The van der Waals surface area contributed by atoms with Gasteiger partial charge in [-0.1, -0.05) is 18.2 Å². The van der Waals surface area contributed by atoms with Crippen molar-refractivity contribution in [3.63, 3.8) is 0 Å². The molecule has 0 unspecified atom stereocenters. The van der Waals surface area contributed by atoms with Gasteiger partial charge in [0.25, 0.3) is 0 Å². The molecular formula is C15H10O5. The van der Waals surface area contributed by atoms with Gasteiger partial charge in [-0.05, 0) is 24.3 Å². The monoisotopic (exact) mass is 270 g/mol. The lowest BCUT2D eigenvalue weighted by Crippen LogP contribution is -2.03. The van der Waals surface area contributed by atoms with E-state index in [4.69, 9.17) is 4.42 Å². The van der Waals surface area contributed by atoms with E-state index in [2.05, 4.69) is 0 Å². The Balaban J connectivity index is 2.43. The molecule has 5 heteroatoms. The first kappa shape index (κ1) is 12.1. The van der Waals surface area contributed by atoms with E-state index in [0.29, 0.717) is 5.39 Å². The molecule has 0 aliphatic rings. The number of benzene rings is 2. The summed E-state index contributed by atoms with van der Waals surface area (Å²) in [5, 5.41) is 29.9. The standard InChI is InChI=1S/C15H10O5/c16-10-6-3-5-9(13(10)17)12-14(18)8-4-1-2-7-11(8)20-15(12)19/h1-7,16-18H. The summed E-state index contributed by atoms with van der Waals surface area (Å²) in [7, 11) is 0. The van der Waals surface area contributed by atoms with Crippen LogP contribution in [-0.4, -0.2) is 15.3 Å². The van der Waals surface area contributed by atoms with Crippen molar-refractivity contribution in [3.05, 3.63) is 52.9 Å². The number of phenolic OH excluding ortho intramolecular Hbond substituents is 2. The third-order valence-electron chi connectivity index (χ3n) is 3.07. The summed E-state index contributed by atoms with van der Waals surface area (Å²) in [6, 6.07) is 10.7. The number of aromatic hydroxyl groups is 3. The molecule has 3 N–H and O–H groups in total. The van der Waals surface area contributed by atoms with Gasteiger partial charge in [-0.25, -0.2) is 4.79 Å². The Hall–Kier alpha value is -2.95. The van der Waals surface area contributed by atoms with Gasteiger partial charge >= 0.3 is 5.63 Å². The van der Waals surface area contributed by atoms with Crippen LogP contribution >= 0.6 is 0 Å². The van der Waals surface area contributed by atoms with Crippen molar-refractivity contribution in [2.45, 2.75) is 0 Å². The average molecular weight is 270 g/mol. The van der Waals surface area contributed by atoms with E-state index in [9.17, 15) is 20.1 Å². The maximum Gasteiger partial charge on any atom is 0.348 e. The molecule has 1 aromatic heterocycles. The molecule has 0 fully saturated rings. The molecule has 0 aliphatic carbocycles. The number of fused-ring (bicyclic) bond motifs is 1. The molecule has 0 amide bonds. The fourth-order valence-corrected chi connectivity index (χ4v) is 2.10. The fraction of sp³-hybridized carbons (Fsp3) is 0. The molecule has 3 rings (SSSR count). The third kappa shape index (κ3) is 1.68. The van der Waals surface area contributed by atoms with Crippen LogP contribution in [0.4, 0.5) is 0 Å². The molecule has 0 spiro atoms. The van der Waals surface area contributed by atoms with Gasteiger partial charge in [-0.2, -0.15) is 0 Å². The zero-order valence-corrected chi connectivity index (χ0v) is 10.2. The highest BCUT2D eigenvalue weighted by atomic mass is 16.4. The van der Waals surface area contributed by atoms with Crippen LogP contribution < -0.4 is 5.63 Å². The highest BCUT2D eigenvalue weighted by molar-refractivity contribution is 5.91. The van der Waals surface area contributed by atoms with E-state index in [0.717, 1.165) is 0 Å². The largest absolute Gasteiger partial charge is 0.506 e. The smallest absolute Gasteiger partial charge is 0.348 e. The van der Waals surface area contributed by atoms with Crippen molar-refractivity contribution in [1.29, 1.82) is 0 Å². The Morgan fingerprint density at radius 3 is 2.40 bits per heavy atom. The lowest BCUT2D eigenvalue weighted by atomic mass is 10.0. The van der Waals surface area contributed by atoms with Gasteiger partial charge in [0.15, 0.2) is 11.5 Å². The van der Waals surface area contributed by atoms with Gasteiger partial charge in [0.2, 0.25) is 0 Å². The van der Waals surface area contributed by atoms with Crippen LogP contribution in [0.3, 0.4) is 0 Å². The summed E-state index contributed by atoms with van der Waals surface area (Å²) in [5.41, 5.74) is -0.709. The van der Waals surface area contributed by atoms with Crippen molar-refractivity contribution >= 4 is 11.0 Å². The first-order chi connectivity index (χ1) is 9.59. The predicted molar refractivity (Wildman–Crippen MR) is 72.9 cm³/mol. The molecule has 20 heavy (non-hydrogen) atoms. The van der Waals surface area contributed by atoms with Gasteiger partial charge in [-0.3, -0.25) is 0 Å². The molecule has 3 aromatic rings. The molecule has 0 atom stereocenters. The minimum Gasteiger partial charge on any atom is -0.506 e. The van der Waals surface area contributed by atoms with Crippen LogP contribution in [0.15, 0.2) is 51.7 Å². The Bertz CT molecular complexity index is 864. The fourth-order valence-electron chi connectivity index (χ4n) is 2.10. The molecule has 0 bridgehead atoms. The van der Waals surface area contributed by atoms with Crippen LogP contribution in [0, 0.1) is 0 Å². The Kier molecular flexibility index (Phi) is 2.61. The van der Waals surface area contributed by atoms with E-state index in [1.165, 1.54) is 18.2 Å². The molecule has 2 aromatic carbocycles. The zero-order chi connectivity index (χ0) is 14.3. The number of rotatable bonds is 1. The topological polar surface area (TPSA) is 90.9 Å². The Morgan fingerprint density at radius 1 is 0.850 bits per heavy atom. The number of phenols is 2. The maximum atomic E-state index is 12.0. The summed E-state index contributed by atoms with van der Waals surface area (Å²) in [6.07, 6.45) is 0. The molecule has 0 saturated heterocycles. The SMILES string of the molecule is O=c1oc2ccccc2c(O)c1-c1cccc(O)c1O. The van der Waals surface area contributed by atoms with Crippen molar-refractivity contribution < 1.29 is 19.7 Å². The predicted octanol–water partition coefficient (Wildman–Crippen LogP) is 2.58. The zero-order valence-electron chi connectivity index (χ0n) is 10.2. The molecule has 100 valence electrons. The summed E-state index contributed by atoms with van der Waals surface area (Å²) in [6.45, 7) is 0.